The van der Waals surface area contributed by atoms with E-state index in [0.717, 1.165) is 17.5 Å². The summed E-state index contributed by atoms with van der Waals surface area (Å²) in [5, 5.41) is 3.04. The number of rotatable bonds is 11. The average molecular weight is 519 g/mol. The Hall–Kier alpha value is -3.87. The lowest BCUT2D eigenvalue weighted by Gasteiger charge is -2.32. The third-order valence-electron chi connectivity index (χ3n) is 6.80. The summed E-state index contributed by atoms with van der Waals surface area (Å²) in [5.74, 6) is 0.491. The van der Waals surface area contributed by atoms with Crippen LogP contribution in [0.3, 0.4) is 0 Å². The van der Waals surface area contributed by atoms with E-state index in [1.807, 2.05) is 62.4 Å². The smallest absolute Gasteiger partial charge is 0.243 e. The SMILES string of the molecule is CC[C@H](C)NC(=O)[C@@H](Cc1ccccc1)N(Cc1ccccc1F)C(=O)CCc1ccc2c(c1)OCCO2. The van der Waals surface area contributed by atoms with Crippen molar-refractivity contribution in [3.8, 4) is 11.5 Å². The summed E-state index contributed by atoms with van der Waals surface area (Å²) in [6, 6.07) is 20.8. The fourth-order valence-corrected chi connectivity index (χ4v) is 4.44. The van der Waals surface area contributed by atoms with Gasteiger partial charge in [0.1, 0.15) is 25.1 Å². The van der Waals surface area contributed by atoms with Crippen LogP contribution in [0.1, 0.15) is 43.4 Å². The standard InChI is InChI=1S/C31H35FN2O4/c1-3-22(2)33-31(36)27(19-23-9-5-4-6-10-23)34(21-25-11-7-8-12-26(25)32)30(35)16-14-24-13-15-28-29(20-24)38-18-17-37-28/h4-13,15,20,22,27H,3,14,16-19,21H2,1-2H3,(H,33,36)/t22-,27+/m0/s1. The van der Waals surface area contributed by atoms with Crippen molar-refractivity contribution < 1.29 is 23.5 Å². The van der Waals surface area contributed by atoms with Crippen LogP contribution >= 0.6 is 0 Å². The van der Waals surface area contributed by atoms with Gasteiger partial charge in [-0.3, -0.25) is 9.59 Å². The van der Waals surface area contributed by atoms with Gasteiger partial charge in [-0.15, -0.1) is 0 Å². The molecule has 1 heterocycles. The highest BCUT2D eigenvalue weighted by molar-refractivity contribution is 5.88. The highest BCUT2D eigenvalue weighted by Gasteiger charge is 2.31. The van der Waals surface area contributed by atoms with Gasteiger partial charge in [0, 0.05) is 31.0 Å². The minimum absolute atomic E-state index is 0.00191. The Morgan fingerprint density at radius 3 is 2.39 bits per heavy atom. The Balaban J connectivity index is 1.60. The molecule has 2 atom stereocenters. The number of amides is 2. The second-order valence-electron chi connectivity index (χ2n) is 9.61. The van der Waals surface area contributed by atoms with Gasteiger partial charge < -0.3 is 19.7 Å². The van der Waals surface area contributed by atoms with Gasteiger partial charge in [0.2, 0.25) is 11.8 Å². The predicted molar refractivity (Wildman–Crippen MR) is 145 cm³/mol. The highest BCUT2D eigenvalue weighted by Crippen LogP contribution is 2.31. The molecule has 0 aromatic heterocycles. The average Bonchev–Trinajstić information content (AvgIpc) is 2.94. The second kappa shape index (κ2) is 13.1. The van der Waals surface area contributed by atoms with E-state index in [1.165, 1.54) is 11.0 Å². The quantitative estimate of drug-likeness (QED) is 0.384. The first-order valence-electron chi connectivity index (χ1n) is 13.2. The molecule has 0 saturated heterocycles. The maximum Gasteiger partial charge on any atom is 0.243 e. The number of halogens is 1. The van der Waals surface area contributed by atoms with Crippen molar-refractivity contribution in [2.75, 3.05) is 13.2 Å². The largest absolute Gasteiger partial charge is 0.486 e. The van der Waals surface area contributed by atoms with Crippen LogP contribution in [0.25, 0.3) is 0 Å². The third-order valence-corrected chi connectivity index (χ3v) is 6.80. The Labute approximate surface area is 223 Å². The molecule has 1 aliphatic heterocycles. The molecule has 0 spiro atoms. The van der Waals surface area contributed by atoms with Crippen LogP contribution in [0, 0.1) is 5.82 Å². The van der Waals surface area contributed by atoms with Crippen LogP contribution in [0.4, 0.5) is 4.39 Å². The number of fused-ring (bicyclic) bond motifs is 1. The maximum absolute atomic E-state index is 14.7. The van der Waals surface area contributed by atoms with E-state index in [0.29, 0.717) is 43.1 Å². The van der Waals surface area contributed by atoms with Gasteiger partial charge in [-0.05, 0) is 49.1 Å². The van der Waals surface area contributed by atoms with E-state index in [4.69, 9.17) is 9.47 Å². The summed E-state index contributed by atoms with van der Waals surface area (Å²) < 4.78 is 26.0. The van der Waals surface area contributed by atoms with Gasteiger partial charge in [0.05, 0.1) is 0 Å². The van der Waals surface area contributed by atoms with Crippen LogP contribution in [0.5, 0.6) is 11.5 Å². The lowest BCUT2D eigenvalue weighted by atomic mass is 10.0. The van der Waals surface area contributed by atoms with Crippen molar-refractivity contribution in [3.05, 3.63) is 95.3 Å². The fraction of sp³-hybridized carbons (Fsp3) is 0.355. The first kappa shape index (κ1) is 27.2. The molecule has 3 aromatic carbocycles. The number of nitrogens with zero attached hydrogens (tertiary/aromatic N) is 1. The van der Waals surface area contributed by atoms with E-state index in [-0.39, 0.29) is 30.8 Å². The number of carbonyl (C=O) groups is 2. The predicted octanol–water partition coefficient (Wildman–Crippen LogP) is 5.08. The molecule has 3 aromatic rings. The molecule has 1 N–H and O–H groups in total. The summed E-state index contributed by atoms with van der Waals surface area (Å²) in [5.41, 5.74) is 2.22. The summed E-state index contributed by atoms with van der Waals surface area (Å²) >= 11 is 0. The number of hydrogen-bond donors (Lipinski definition) is 1. The number of aryl methyl sites for hydroxylation is 1. The number of benzene rings is 3. The molecule has 4 rings (SSSR count). The minimum Gasteiger partial charge on any atom is -0.486 e. The van der Waals surface area contributed by atoms with Gasteiger partial charge in [-0.25, -0.2) is 4.39 Å². The van der Waals surface area contributed by atoms with Gasteiger partial charge in [-0.1, -0.05) is 61.5 Å². The van der Waals surface area contributed by atoms with Crippen molar-refractivity contribution in [2.24, 2.45) is 0 Å². The van der Waals surface area contributed by atoms with Crippen molar-refractivity contribution in [1.29, 1.82) is 0 Å². The summed E-state index contributed by atoms with van der Waals surface area (Å²) in [6.45, 7) is 4.92. The van der Waals surface area contributed by atoms with Gasteiger partial charge in [0.25, 0.3) is 0 Å². The van der Waals surface area contributed by atoms with Crippen LogP contribution in [-0.4, -0.2) is 42.0 Å². The van der Waals surface area contributed by atoms with E-state index < -0.39 is 11.9 Å². The zero-order chi connectivity index (χ0) is 26.9. The Bertz CT molecular complexity index is 1230. The van der Waals surface area contributed by atoms with Crippen molar-refractivity contribution in [3.63, 3.8) is 0 Å². The number of carbonyl (C=O) groups excluding carboxylic acids is 2. The molecule has 200 valence electrons. The summed E-state index contributed by atoms with van der Waals surface area (Å²) in [4.78, 5) is 28.9. The molecule has 0 radical (unpaired) electrons. The van der Waals surface area contributed by atoms with Crippen LogP contribution < -0.4 is 14.8 Å². The molecule has 7 heteroatoms. The maximum atomic E-state index is 14.7. The van der Waals surface area contributed by atoms with Crippen molar-refractivity contribution in [1.82, 2.24) is 10.2 Å². The van der Waals surface area contributed by atoms with E-state index in [1.54, 1.807) is 18.2 Å². The third kappa shape index (κ3) is 7.12. The monoisotopic (exact) mass is 518 g/mol. The molecule has 0 bridgehead atoms. The van der Waals surface area contributed by atoms with Crippen LogP contribution in [0.15, 0.2) is 72.8 Å². The normalized spacial score (nSPS) is 13.9. The Morgan fingerprint density at radius 2 is 1.66 bits per heavy atom. The first-order chi connectivity index (χ1) is 18.4. The molecule has 6 nitrogen and oxygen atoms in total. The lowest BCUT2D eigenvalue weighted by Crippen LogP contribution is -2.52. The molecular formula is C31H35FN2O4. The zero-order valence-electron chi connectivity index (χ0n) is 22.0. The number of nitrogens with one attached hydrogen (secondary N) is 1. The molecular weight excluding hydrogens is 483 g/mol. The molecule has 38 heavy (non-hydrogen) atoms. The topological polar surface area (TPSA) is 67.9 Å². The van der Waals surface area contributed by atoms with Gasteiger partial charge in [0.15, 0.2) is 11.5 Å². The van der Waals surface area contributed by atoms with Crippen LogP contribution in [-0.2, 0) is 29.0 Å². The fourth-order valence-electron chi connectivity index (χ4n) is 4.44. The zero-order valence-corrected chi connectivity index (χ0v) is 22.0. The van der Waals surface area contributed by atoms with Gasteiger partial charge in [-0.2, -0.15) is 0 Å². The number of hydrogen-bond acceptors (Lipinski definition) is 4. The van der Waals surface area contributed by atoms with E-state index in [2.05, 4.69) is 5.32 Å². The first-order valence-corrected chi connectivity index (χ1v) is 13.2. The van der Waals surface area contributed by atoms with Crippen molar-refractivity contribution in [2.45, 2.75) is 58.2 Å². The molecule has 0 fully saturated rings. The Morgan fingerprint density at radius 1 is 0.947 bits per heavy atom. The Kier molecular flexibility index (Phi) is 9.35. The second-order valence-corrected chi connectivity index (χ2v) is 9.61. The molecule has 0 unspecified atom stereocenters. The lowest BCUT2D eigenvalue weighted by molar-refractivity contribution is -0.141. The molecule has 0 saturated carbocycles. The van der Waals surface area contributed by atoms with E-state index >= 15 is 0 Å². The minimum atomic E-state index is -0.793. The van der Waals surface area contributed by atoms with E-state index in [9.17, 15) is 14.0 Å². The van der Waals surface area contributed by atoms with Gasteiger partial charge >= 0.3 is 0 Å². The molecule has 1 aliphatic rings. The van der Waals surface area contributed by atoms with Crippen molar-refractivity contribution >= 4 is 11.8 Å². The highest BCUT2D eigenvalue weighted by atomic mass is 19.1. The molecule has 2 amide bonds. The molecule has 0 aliphatic carbocycles. The summed E-state index contributed by atoms with van der Waals surface area (Å²) in [7, 11) is 0. The summed E-state index contributed by atoms with van der Waals surface area (Å²) in [6.07, 6.45) is 1.70. The van der Waals surface area contributed by atoms with Crippen LogP contribution in [0.2, 0.25) is 0 Å². The number of ether oxygens (including phenoxy) is 2.